The molecular weight excluding hydrogens is 216 g/mol. The minimum atomic E-state index is 0.777. The monoisotopic (exact) mass is 228 g/mol. The smallest absolute Gasteiger partial charge is 0.139 e. The molecule has 5 nitrogen and oxygen atoms in total. The summed E-state index contributed by atoms with van der Waals surface area (Å²) in [4.78, 5) is 4.30. The van der Waals surface area contributed by atoms with Gasteiger partial charge >= 0.3 is 0 Å². The molecule has 0 amide bonds. The predicted molar refractivity (Wildman–Crippen MR) is 64.7 cm³/mol. The molecule has 5 heteroatoms. The lowest BCUT2D eigenvalue weighted by molar-refractivity contribution is 0.615. The topological polar surface area (TPSA) is 55.9 Å². The van der Waals surface area contributed by atoms with Crippen molar-refractivity contribution in [2.45, 2.75) is 6.54 Å². The zero-order chi connectivity index (χ0) is 11.5. The van der Waals surface area contributed by atoms with Crippen LogP contribution < -0.4 is 5.32 Å². The number of pyridine rings is 1. The van der Waals surface area contributed by atoms with E-state index in [0.29, 0.717) is 0 Å². The summed E-state index contributed by atoms with van der Waals surface area (Å²) in [5, 5.41) is 8.42. The molecule has 3 rings (SSSR count). The second-order valence-corrected chi connectivity index (χ2v) is 3.69. The highest BCUT2D eigenvalue weighted by atomic mass is 16.3. The first-order chi connectivity index (χ1) is 8.43. The van der Waals surface area contributed by atoms with Crippen LogP contribution in [0.2, 0.25) is 0 Å². The Balaban J connectivity index is 1.70. The summed E-state index contributed by atoms with van der Waals surface area (Å²) in [5.74, 6) is 0.850. The van der Waals surface area contributed by atoms with Gasteiger partial charge in [-0.05, 0) is 18.2 Å². The van der Waals surface area contributed by atoms with E-state index in [1.807, 2.05) is 29.1 Å². The number of nitrogens with one attached hydrogen (secondary N) is 1. The van der Waals surface area contributed by atoms with Gasteiger partial charge in [-0.15, -0.1) is 0 Å². The van der Waals surface area contributed by atoms with Crippen LogP contribution in [0.15, 0.2) is 47.5 Å². The van der Waals surface area contributed by atoms with Gasteiger partial charge in [-0.1, -0.05) is 0 Å². The standard InChI is InChI=1S/C12H12N4O/c1-4-15-16(7-1)8-6-14-12-10-3-9-17-11(10)2-5-13-12/h1-5,7,9H,6,8H2,(H,13,14). The lowest BCUT2D eigenvalue weighted by Gasteiger charge is -2.06. The molecule has 1 N–H and O–H groups in total. The quantitative estimate of drug-likeness (QED) is 0.743. The number of nitrogens with zero attached hydrogens (tertiary/aromatic N) is 3. The van der Waals surface area contributed by atoms with Gasteiger partial charge in [0.2, 0.25) is 0 Å². The molecule has 0 radical (unpaired) electrons. The zero-order valence-electron chi connectivity index (χ0n) is 9.21. The van der Waals surface area contributed by atoms with Crippen LogP contribution in [0.3, 0.4) is 0 Å². The second-order valence-electron chi connectivity index (χ2n) is 3.69. The minimum Gasteiger partial charge on any atom is -0.464 e. The van der Waals surface area contributed by atoms with Gasteiger partial charge in [-0.3, -0.25) is 4.68 Å². The average Bonchev–Trinajstić information content (AvgIpc) is 2.99. The SMILES string of the molecule is c1cnn(CCNc2nccc3occc23)c1. The summed E-state index contributed by atoms with van der Waals surface area (Å²) in [6.45, 7) is 1.59. The Hall–Kier alpha value is -2.30. The average molecular weight is 228 g/mol. The van der Waals surface area contributed by atoms with Crippen molar-refractivity contribution in [3.05, 3.63) is 43.1 Å². The van der Waals surface area contributed by atoms with E-state index in [0.717, 1.165) is 29.9 Å². The first kappa shape index (κ1) is 9.89. The van der Waals surface area contributed by atoms with Gasteiger partial charge in [0.1, 0.15) is 11.4 Å². The summed E-state index contributed by atoms with van der Waals surface area (Å²) >= 11 is 0. The Morgan fingerprint density at radius 3 is 3.18 bits per heavy atom. The van der Waals surface area contributed by atoms with Crippen molar-refractivity contribution >= 4 is 16.8 Å². The van der Waals surface area contributed by atoms with E-state index in [1.165, 1.54) is 0 Å². The highest BCUT2D eigenvalue weighted by Crippen LogP contribution is 2.21. The molecule has 0 spiro atoms. The van der Waals surface area contributed by atoms with Crippen LogP contribution in [0.25, 0.3) is 11.0 Å². The van der Waals surface area contributed by atoms with Gasteiger partial charge in [0, 0.05) is 25.1 Å². The zero-order valence-corrected chi connectivity index (χ0v) is 9.21. The lowest BCUT2D eigenvalue weighted by Crippen LogP contribution is -2.11. The fourth-order valence-corrected chi connectivity index (χ4v) is 1.76. The maximum Gasteiger partial charge on any atom is 0.139 e. The van der Waals surface area contributed by atoms with Crippen LogP contribution in [0.5, 0.6) is 0 Å². The summed E-state index contributed by atoms with van der Waals surface area (Å²) in [6, 6.07) is 5.68. The summed E-state index contributed by atoms with van der Waals surface area (Å²) in [5.41, 5.74) is 0.849. The third kappa shape index (κ3) is 1.99. The number of furan rings is 1. The van der Waals surface area contributed by atoms with E-state index in [1.54, 1.807) is 18.7 Å². The summed E-state index contributed by atoms with van der Waals surface area (Å²) < 4.78 is 7.19. The van der Waals surface area contributed by atoms with Crippen molar-refractivity contribution in [3.8, 4) is 0 Å². The van der Waals surface area contributed by atoms with Crippen molar-refractivity contribution in [1.29, 1.82) is 0 Å². The molecule has 0 saturated heterocycles. The summed E-state index contributed by atoms with van der Waals surface area (Å²) in [6.07, 6.45) is 7.12. The Morgan fingerprint density at radius 2 is 2.29 bits per heavy atom. The fourth-order valence-electron chi connectivity index (χ4n) is 1.76. The second kappa shape index (κ2) is 4.29. The van der Waals surface area contributed by atoms with Crippen molar-refractivity contribution in [1.82, 2.24) is 14.8 Å². The first-order valence-corrected chi connectivity index (χ1v) is 5.47. The molecule has 86 valence electrons. The van der Waals surface area contributed by atoms with Gasteiger partial charge in [0.25, 0.3) is 0 Å². The molecule has 0 unspecified atom stereocenters. The van der Waals surface area contributed by atoms with Crippen LogP contribution in [0.1, 0.15) is 0 Å². The van der Waals surface area contributed by atoms with Crippen molar-refractivity contribution in [3.63, 3.8) is 0 Å². The molecule has 0 saturated carbocycles. The first-order valence-electron chi connectivity index (χ1n) is 5.47. The van der Waals surface area contributed by atoms with Gasteiger partial charge in [0.05, 0.1) is 18.2 Å². The molecule has 0 aliphatic rings. The van der Waals surface area contributed by atoms with E-state index >= 15 is 0 Å². The number of hydrogen-bond acceptors (Lipinski definition) is 4. The molecule has 0 bridgehead atoms. The van der Waals surface area contributed by atoms with Gasteiger partial charge in [0.15, 0.2) is 0 Å². The highest BCUT2D eigenvalue weighted by molar-refractivity contribution is 5.87. The Labute approximate surface area is 98.1 Å². The largest absolute Gasteiger partial charge is 0.464 e. The molecular formula is C12H12N4O. The molecule has 0 aromatic carbocycles. The summed E-state index contributed by atoms with van der Waals surface area (Å²) in [7, 11) is 0. The number of fused-ring (bicyclic) bond motifs is 1. The van der Waals surface area contributed by atoms with E-state index in [2.05, 4.69) is 15.4 Å². The maximum atomic E-state index is 5.31. The molecule has 3 aromatic heterocycles. The van der Waals surface area contributed by atoms with Crippen LogP contribution >= 0.6 is 0 Å². The number of rotatable bonds is 4. The molecule has 3 heterocycles. The maximum absolute atomic E-state index is 5.31. The van der Waals surface area contributed by atoms with Crippen molar-refractivity contribution < 1.29 is 4.42 Å². The van der Waals surface area contributed by atoms with Crippen LogP contribution in [-0.2, 0) is 6.54 Å². The van der Waals surface area contributed by atoms with Crippen molar-refractivity contribution in [2.75, 3.05) is 11.9 Å². The Bertz CT molecular complexity index is 600. The van der Waals surface area contributed by atoms with Crippen molar-refractivity contribution in [2.24, 2.45) is 0 Å². The normalized spacial score (nSPS) is 10.8. The molecule has 0 aliphatic heterocycles. The number of hydrogen-bond donors (Lipinski definition) is 1. The third-order valence-corrected chi connectivity index (χ3v) is 2.57. The third-order valence-electron chi connectivity index (χ3n) is 2.57. The van der Waals surface area contributed by atoms with Gasteiger partial charge < -0.3 is 9.73 Å². The molecule has 17 heavy (non-hydrogen) atoms. The fraction of sp³-hybridized carbons (Fsp3) is 0.167. The highest BCUT2D eigenvalue weighted by Gasteiger charge is 2.03. The van der Waals surface area contributed by atoms with Gasteiger partial charge in [-0.25, -0.2) is 4.98 Å². The van der Waals surface area contributed by atoms with Crippen LogP contribution in [-0.4, -0.2) is 21.3 Å². The number of anilines is 1. The number of aromatic nitrogens is 3. The Kier molecular flexibility index (Phi) is 2.50. The predicted octanol–water partition coefficient (Wildman–Crippen LogP) is 2.14. The van der Waals surface area contributed by atoms with Crippen LogP contribution in [0.4, 0.5) is 5.82 Å². The lowest BCUT2D eigenvalue weighted by atomic mass is 10.3. The van der Waals surface area contributed by atoms with Crippen LogP contribution in [0, 0.1) is 0 Å². The molecule has 0 aliphatic carbocycles. The molecule has 0 atom stereocenters. The minimum absolute atomic E-state index is 0.777. The van der Waals surface area contributed by atoms with E-state index in [-0.39, 0.29) is 0 Å². The van der Waals surface area contributed by atoms with Gasteiger partial charge in [-0.2, -0.15) is 5.10 Å². The molecule has 0 fully saturated rings. The van der Waals surface area contributed by atoms with E-state index in [9.17, 15) is 0 Å². The molecule has 3 aromatic rings. The Morgan fingerprint density at radius 1 is 1.29 bits per heavy atom. The van der Waals surface area contributed by atoms with E-state index < -0.39 is 0 Å². The van der Waals surface area contributed by atoms with E-state index in [4.69, 9.17) is 4.42 Å².